The summed E-state index contributed by atoms with van der Waals surface area (Å²) in [6.45, 7) is 2.68. The minimum Gasteiger partial charge on any atom is -0.493 e. The standard InChI is InChI=1S/C23H23NO6S/c1-3-4-11-24-21(25)20(31-23(24)28)13-16-7-10-18(19(12-16)29-2)30-14-15-5-8-17(9-6-15)22(26)27/h5-10,12-13H,3-4,11,14H2,1-2H3,(H,26,27)/b20-13-. The van der Waals surface area contributed by atoms with Gasteiger partial charge < -0.3 is 14.6 Å². The number of ether oxygens (including phenoxy) is 2. The largest absolute Gasteiger partial charge is 0.493 e. The zero-order chi connectivity index (χ0) is 22.4. The number of carboxylic acids is 1. The third-order valence-electron chi connectivity index (χ3n) is 4.69. The minimum atomic E-state index is -0.979. The lowest BCUT2D eigenvalue weighted by molar-refractivity contribution is -0.122. The monoisotopic (exact) mass is 441 g/mol. The number of hydrogen-bond donors (Lipinski definition) is 1. The molecule has 0 atom stereocenters. The van der Waals surface area contributed by atoms with Crippen LogP contribution in [0.15, 0.2) is 47.4 Å². The molecule has 2 amide bonds. The molecular weight excluding hydrogens is 418 g/mol. The van der Waals surface area contributed by atoms with E-state index in [1.807, 2.05) is 6.92 Å². The quantitative estimate of drug-likeness (QED) is 0.558. The third kappa shape index (κ3) is 5.46. The van der Waals surface area contributed by atoms with Crippen LogP contribution >= 0.6 is 11.8 Å². The molecule has 0 unspecified atom stereocenters. The van der Waals surface area contributed by atoms with Gasteiger partial charge in [0, 0.05) is 6.54 Å². The van der Waals surface area contributed by atoms with Crippen LogP contribution in [0.5, 0.6) is 11.5 Å². The molecule has 1 N–H and O–H groups in total. The van der Waals surface area contributed by atoms with E-state index in [2.05, 4.69) is 0 Å². The second-order valence-electron chi connectivity index (χ2n) is 6.89. The number of methoxy groups -OCH3 is 1. The van der Waals surface area contributed by atoms with Crippen LogP contribution in [-0.4, -0.2) is 40.8 Å². The van der Waals surface area contributed by atoms with Crippen LogP contribution in [0.1, 0.15) is 41.3 Å². The van der Waals surface area contributed by atoms with Gasteiger partial charge in [0.25, 0.3) is 11.1 Å². The van der Waals surface area contributed by atoms with E-state index in [1.54, 1.807) is 36.4 Å². The number of benzene rings is 2. The normalized spacial score (nSPS) is 14.9. The first kappa shape index (κ1) is 22.4. The number of nitrogens with zero attached hydrogens (tertiary/aromatic N) is 1. The molecule has 1 aliphatic rings. The van der Waals surface area contributed by atoms with Gasteiger partial charge in [-0.1, -0.05) is 31.5 Å². The minimum absolute atomic E-state index is 0.213. The van der Waals surface area contributed by atoms with E-state index in [0.717, 1.165) is 35.7 Å². The number of carbonyl (C=O) groups excluding carboxylic acids is 2. The van der Waals surface area contributed by atoms with E-state index in [9.17, 15) is 14.4 Å². The average Bonchev–Trinajstić information content (AvgIpc) is 3.03. The van der Waals surface area contributed by atoms with Gasteiger partial charge in [0.2, 0.25) is 0 Å². The third-order valence-corrected chi connectivity index (χ3v) is 5.60. The maximum atomic E-state index is 12.5. The Bertz CT molecular complexity index is 1020. The molecule has 1 saturated heterocycles. The highest BCUT2D eigenvalue weighted by Gasteiger charge is 2.34. The molecule has 3 rings (SSSR count). The number of hydrogen-bond acceptors (Lipinski definition) is 6. The smallest absolute Gasteiger partial charge is 0.335 e. The average molecular weight is 442 g/mol. The predicted molar refractivity (Wildman–Crippen MR) is 118 cm³/mol. The summed E-state index contributed by atoms with van der Waals surface area (Å²) in [5.74, 6) is -0.250. The van der Waals surface area contributed by atoms with Crippen LogP contribution in [0, 0.1) is 0 Å². The van der Waals surface area contributed by atoms with Crippen molar-refractivity contribution in [2.24, 2.45) is 0 Å². The molecule has 2 aromatic carbocycles. The number of amides is 2. The fourth-order valence-electron chi connectivity index (χ4n) is 2.96. The first-order valence-corrected chi connectivity index (χ1v) is 10.6. The number of aromatic carboxylic acids is 1. The van der Waals surface area contributed by atoms with Crippen molar-refractivity contribution >= 4 is 35.0 Å². The molecule has 7 nitrogen and oxygen atoms in total. The summed E-state index contributed by atoms with van der Waals surface area (Å²) in [6.07, 6.45) is 3.36. The van der Waals surface area contributed by atoms with Crippen LogP contribution in [0.25, 0.3) is 6.08 Å². The Morgan fingerprint density at radius 3 is 2.52 bits per heavy atom. The number of thioether (sulfide) groups is 1. The van der Waals surface area contributed by atoms with E-state index in [1.165, 1.54) is 24.1 Å². The molecule has 31 heavy (non-hydrogen) atoms. The lowest BCUT2D eigenvalue weighted by atomic mass is 10.1. The lowest BCUT2D eigenvalue weighted by Crippen LogP contribution is -2.29. The highest BCUT2D eigenvalue weighted by atomic mass is 32.2. The summed E-state index contributed by atoms with van der Waals surface area (Å²) in [4.78, 5) is 37.2. The van der Waals surface area contributed by atoms with Gasteiger partial charge in [0.05, 0.1) is 17.6 Å². The Morgan fingerprint density at radius 2 is 1.87 bits per heavy atom. The summed E-state index contributed by atoms with van der Waals surface area (Å²) >= 11 is 0.940. The molecule has 0 saturated carbocycles. The number of rotatable bonds is 9. The fraction of sp³-hybridized carbons (Fsp3) is 0.261. The fourth-order valence-corrected chi connectivity index (χ4v) is 3.82. The van der Waals surface area contributed by atoms with Gasteiger partial charge in [-0.25, -0.2) is 4.79 Å². The van der Waals surface area contributed by atoms with E-state index in [4.69, 9.17) is 14.6 Å². The molecule has 1 heterocycles. The first-order chi connectivity index (χ1) is 14.9. The molecule has 0 radical (unpaired) electrons. The van der Waals surface area contributed by atoms with E-state index in [0.29, 0.717) is 22.9 Å². The van der Waals surface area contributed by atoms with Crippen molar-refractivity contribution in [2.45, 2.75) is 26.4 Å². The van der Waals surface area contributed by atoms with Crippen molar-refractivity contribution in [1.29, 1.82) is 0 Å². The molecule has 1 fully saturated rings. The van der Waals surface area contributed by atoms with Gasteiger partial charge in [0.15, 0.2) is 11.5 Å². The summed E-state index contributed by atoms with van der Waals surface area (Å²) in [6, 6.07) is 11.7. The molecule has 1 aliphatic heterocycles. The second-order valence-corrected chi connectivity index (χ2v) is 7.88. The van der Waals surface area contributed by atoms with Gasteiger partial charge in [0.1, 0.15) is 6.61 Å². The highest BCUT2D eigenvalue weighted by Crippen LogP contribution is 2.35. The molecule has 8 heteroatoms. The summed E-state index contributed by atoms with van der Waals surface area (Å²) in [5, 5.41) is 8.72. The Balaban J connectivity index is 1.71. The van der Waals surface area contributed by atoms with Crippen molar-refractivity contribution < 1.29 is 29.0 Å². The van der Waals surface area contributed by atoms with Gasteiger partial charge in [-0.2, -0.15) is 0 Å². The maximum Gasteiger partial charge on any atom is 0.335 e. The zero-order valence-corrected chi connectivity index (χ0v) is 18.1. The summed E-state index contributed by atoms with van der Waals surface area (Å²) in [7, 11) is 1.52. The van der Waals surface area contributed by atoms with Crippen LogP contribution < -0.4 is 9.47 Å². The summed E-state index contributed by atoms with van der Waals surface area (Å²) < 4.78 is 11.2. The van der Waals surface area contributed by atoms with Gasteiger partial charge >= 0.3 is 5.97 Å². The van der Waals surface area contributed by atoms with Crippen LogP contribution in [0.2, 0.25) is 0 Å². The Kier molecular flexibility index (Phi) is 7.36. The lowest BCUT2D eigenvalue weighted by Gasteiger charge is -2.12. The van der Waals surface area contributed by atoms with Crippen molar-refractivity contribution in [3.63, 3.8) is 0 Å². The zero-order valence-electron chi connectivity index (χ0n) is 17.3. The number of carboxylic acid groups (broad SMARTS) is 1. The molecule has 0 bridgehead atoms. The second kappa shape index (κ2) is 10.2. The number of unbranched alkanes of at least 4 members (excludes halogenated alkanes) is 1. The van der Waals surface area contributed by atoms with Gasteiger partial charge in [-0.3, -0.25) is 14.5 Å². The maximum absolute atomic E-state index is 12.5. The van der Waals surface area contributed by atoms with E-state index >= 15 is 0 Å². The Morgan fingerprint density at radius 1 is 1.13 bits per heavy atom. The summed E-state index contributed by atoms with van der Waals surface area (Å²) in [5.41, 5.74) is 1.75. The van der Waals surface area contributed by atoms with Crippen molar-refractivity contribution in [1.82, 2.24) is 4.90 Å². The van der Waals surface area contributed by atoms with Crippen LogP contribution in [-0.2, 0) is 11.4 Å². The SMILES string of the molecule is CCCCN1C(=O)S/C(=C\c2ccc(OCc3ccc(C(=O)O)cc3)c(OC)c2)C1=O. The highest BCUT2D eigenvalue weighted by molar-refractivity contribution is 8.18. The molecule has 162 valence electrons. The molecule has 0 aliphatic carbocycles. The predicted octanol–water partition coefficient (Wildman–Crippen LogP) is 4.81. The van der Waals surface area contributed by atoms with Crippen molar-refractivity contribution in [2.75, 3.05) is 13.7 Å². The van der Waals surface area contributed by atoms with Gasteiger partial charge in [-0.05, 0) is 59.7 Å². The van der Waals surface area contributed by atoms with Crippen molar-refractivity contribution in [3.8, 4) is 11.5 Å². The molecule has 0 aromatic heterocycles. The van der Waals surface area contributed by atoms with E-state index < -0.39 is 5.97 Å². The molecular formula is C23H23NO6S. The number of imide groups is 1. The first-order valence-electron chi connectivity index (χ1n) is 9.81. The molecule has 0 spiro atoms. The van der Waals surface area contributed by atoms with Crippen LogP contribution in [0.4, 0.5) is 4.79 Å². The van der Waals surface area contributed by atoms with E-state index in [-0.39, 0.29) is 23.3 Å². The topological polar surface area (TPSA) is 93.1 Å². The van der Waals surface area contributed by atoms with Crippen molar-refractivity contribution in [3.05, 3.63) is 64.1 Å². The molecule has 2 aromatic rings. The van der Waals surface area contributed by atoms with Gasteiger partial charge in [-0.15, -0.1) is 0 Å². The van der Waals surface area contributed by atoms with Crippen LogP contribution in [0.3, 0.4) is 0 Å². The Labute approximate surface area is 184 Å². The Hall–Kier alpha value is -3.26. The number of carbonyl (C=O) groups is 3.